The molecule has 116 valence electrons. The fourth-order valence-corrected chi connectivity index (χ4v) is 2.25. The van der Waals surface area contributed by atoms with Crippen molar-refractivity contribution in [2.75, 3.05) is 0 Å². The summed E-state index contributed by atoms with van der Waals surface area (Å²) in [7, 11) is 0. The maximum atomic E-state index is 14.3. The van der Waals surface area contributed by atoms with E-state index in [1.165, 1.54) is 24.3 Å². The van der Waals surface area contributed by atoms with Crippen molar-refractivity contribution in [3.63, 3.8) is 0 Å². The molecule has 1 amide bonds. The molecule has 0 aliphatic rings. The largest absolute Gasteiger partial charge is 0.507 e. The number of phenols is 1. The number of rotatable bonds is 2. The van der Waals surface area contributed by atoms with Crippen LogP contribution in [0, 0.1) is 22.6 Å². The van der Waals surface area contributed by atoms with E-state index in [0.717, 1.165) is 6.07 Å². The maximum absolute atomic E-state index is 14.3. The van der Waals surface area contributed by atoms with Crippen molar-refractivity contribution in [2.45, 2.75) is 0 Å². The maximum Gasteiger partial charge on any atom is 0.262 e. The average molecular weight is 333 g/mol. The van der Waals surface area contributed by atoms with Crippen LogP contribution in [0.1, 0.15) is 15.9 Å². The molecule has 0 fully saturated rings. The number of nitrogens with one attached hydrogen (secondary N) is 2. The summed E-state index contributed by atoms with van der Waals surface area (Å²) in [5, 5.41) is 28.1. The van der Waals surface area contributed by atoms with Gasteiger partial charge in [0, 0.05) is 11.1 Å². The minimum absolute atomic E-state index is 0.0438. The first-order valence-electron chi connectivity index (χ1n) is 6.22. The SMILES string of the molecule is N#Cc1ccc(O)c(C(=O)NC(=N)N)c1-c1cccc(Cl)c1F. The van der Waals surface area contributed by atoms with Gasteiger partial charge in [0.25, 0.3) is 5.91 Å². The van der Waals surface area contributed by atoms with Crippen LogP contribution in [0.15, 0.2) is 30.3 Å². The lowest BCUT2D eigenvalue weighted by atomic mass is 9.93. The van der Waals surface area contributed by atoms with E-state index in [0.29, 0.717) is 0 Å². The van der Waals surface area contributed by atoms with Crippen molar-refractivity contribution in [3.05, 3.63) is 52.3 Å². The van der Waals surface area contributed by atoms with E-state index >= 15 is 0 Å². The van der Waals surface area contributed by atoms with Gasteiger partial charge in [0.05, 0.1) is 22.2 Å². The number of phenolic OH excluding ortho intramolecular Hbond substituents is 1. The molecular weight excluding hydrogens is 323 g/mol. The van der Waals surface area contributed by atoms with Crippen molar-refractivity contribution >= 4 is 23.5 Å². The first kappa shape index (κ1) is 16.3. The van der Waals surface area contributed by atoms with Crippen molar-refractivity contribution < 1.29 is 14.3 Å². The van der Waals surface area contributed by atoms with Gasteiger partial charge in [-0.1, -0.05) is 23.7 Å². The highest BCUT2D eigenvalue weighted by Crippen LogP contribution is 2.36. The van der Waals surface area contributed by atoms with Crippen molar-refractivity contribution in [1.82, 2.24) is 5.32 Å². The van der Waals surface area contributed by atoms with Crippen LogP contribution in [-0.4, -0.2) is 17.0 Å². The van der Waals surface area contributed by atoms with Gasteiger partial charge in [-0.25, -0.2) is 4.39 Å². The predicted molar refractivity (Wildman–Crippen MR) is 82.6 cm³/mol. The number of hydrogen-bond acceptors (Lipinski definition) is 4. The zero-order valence-electron chi connectivity index (χ0n) is 11.5. The number of carbonyl (C=O) groups is 1. The number of carbonyl (C=O) groups excluding carboxylic acids is 1. The van der Waals surface area contributed by atoms with Crippen LogP contribution in [0.3, 0.4) is 0 Å². The number of benzene rings is 2. The highest BCUT2D eigenvalue weighted by molar-refractivity contribution is 6.31. The standard InChI is InChI=1S/C15H10ClFN4O2/c16-9-3-1-2-8(13(9)17)11-7(6-18)4-5-10(22)12(11)14(23)21-15(19)20/h1-5,22H,(H4,19,20,21,23). The molecule has 0 atom stereocenters. The Morgan fingerprint density at radius 1 is 1.39 bits per heavy atom. The monoisotopic (exact) mass is 332 g/mol. The summed E-state index contributed by atoms with van der Waals surface area (Å²) in [6.07, 6.45) is 0. The molecule has 2 rings (SSSR count). The third kappa shape index (κ3) is 3.07. The summed E-state index contributed by atoms with van der Waals surface area (Å²) in [5.74, 6) is -2.93. The lowest BCUT2D eigenvalue weighted by molar-refractivity contribution is 0.0974. The van der Waals surface area contributed by atoms with Crippen LogP contribution < -0.4 is 11.1 Å². The number of hydrogen-bond donors (Lipinski definition) is 4. The van der Waals surface area contributed by atoms with Gasteiger partial charge in [0.1, 0.15) is 11.6 Å². The number of nitriles is 1. The molecule has 0 radical (unpaired) electrons. The van der Waals surface area contributed by atoms with Crippen LogP contribution in [0.4, 0.5) is 4.39 Å². The smallest absolute Gasteiger partial charge is 0.262 e. The van der Waals surface area contributed by atoms with Crippen LogP contribution in [0.25, 0.3) is 11.1 Å². The molecule has 0 bridgehead atoms. The molecule has 23 heavy (non-hydrogen) atoms. The van der Waals surface area contributed by atoms with Crippen LogP contribution >= 0.6 is 11.6 Å². The lowest BCUT2D eigenvalue weighted by Gasteiger charge is -2.14. The van der Waals surface area contributed by atoms with E-state index < -0.39 is 23.4 Å². The Morgan fingerprint density at radius 3 is 2.70 bits per heavy atom. The molecule has 0 saturated heterocycles. The minimum atomic E-state index is -0.943. The molecule has 0 saturated carbocycles. The molecule has 0 aromatic heterocycles. The minimum Gasteiger partial charge on any atom is -0.507 e. The van der Waals surface area contributed by atoms with E-state index in [1.54, 1.807) is 0 Å². The first-order valence-corrected chi connectivity index (χ1v) is 6.60. The summed E-state index contributed by atoms with van der Waals surface area (Å²) in [5.41, 5.74) is 4.43. The van der Waals surface area contributed by atoms with E-state index in [-0.39, 0.29) is 27.3 Å². The zero-order chi connectivity index (χ0) is 17.1. The molecule has 0 unspecified atom stereocenters. The third-order valence-corrected chi connectivity index (χ3v) is 3.29. The van der Waals surface area contributed by atoms with Gasteiger partial charge in [-0.2, -0.15) is 5.26 Å². The van der Waals surface area contributed by atoms with Gasteiger partial charge in [0.2, 0.25) is 0 Å². The fourth-order valence-electron chi connectivity index (χ4n) is 2.08. The molecule has 5 N–H and O–H groups in total. The molecule has 0 spiro atoms. The number of aromatic hydroxyl groups is 1. The van der Waals surface area contributed by atoms with Gasteiger partial charge in [0.15, 0.2) is 5.96 Å². The molecular formula is C15H10ClFN4O2. The fraction of sp³-hybridized carbons (Fsp3) is 0. The molecule has 0 heterocycles. The number of guanidine groups is 1. The zero-order valence-corrected chi connectivity index (χ0v) is 12.3. The van der Waals surface area contributed by atoms with Crippen LogP contribution in [-0.2, 0) is 0 Å². The Balaban J connectivity index is 2.83. The molecule has 2 aromatic rings. The summed E-state index contributed by atoms with van der Waals surface area (Å²) < 4.78 is 14.3. The Kier molecular flexibility index (Phi) is 4.48. The molecule has 0 aliphatic heterocycles. The molecule has 0 aliphatic carbocycles. The summed E-state index contributed by atoms with van der Waals surface area (Å²) in [4.78, 5) is 12.2. The second kappa shape index (κ2) is 6.34. The van der Waals surface area contributed by atoms with E-state index in [9.17, 15) is 19.6 Å². The molecule has 8 heteroatoms. The predicted octanol–water partition coefficient (Wildman–Crippen LogP) is 2.35. The van der Waals surface area contributed by atoms with Crippen LogP contribution in [0.2, 0.25) is 5.02 Å². The van der Waals surface area contributed by atoms with E-state index in [2.05, 4.69) is 0 Å². The Bertz CT molecular complexity index is 861. The van der Waals surface area contributed by atoms with Gasteiger partial charge in [-0.3, -0.25) is 15.5 Å². The highest BCUT2D eigenvalue weighted by atomic mass is 35.5. The first-order chi connectivity index (χ1) is 10.9. The van der Waals surface area contributed by atoms with Gasteiger partial charge in [-0.15, -0.1) is 0 Å². The van der Waals surface area contributed by atoms with Crippen molar-refractivity contribution in [2.24, 2.45) is 5.73 Å². The second-order valence-electron chi connectivity index (χ2n) is 4.46. The van der Waals surface area contributed by atoms with Gasteiger partial charge in [-0.05, 0) is 18.2 Å². The normalized spacial score (nSPS) is 9.96. The van der Waals surface area contributed by atoms with Crippen molar-refractivity contribution in [1.29, 1.82) is 10.7 Å². The number of nitrogens with two attached hydrogens (primary N) is 1. The van der Waals surface area contributed by atoms with Crippen molar-refractivity contribution in [3.8, 4) is 22.9 Å². The van der Waals surface area contributed by atoms with E-state index in [1.807, 2.05) is 11.4 Å². The lowest BCUT2D eigenvalue weighted by Crippen LogP contribution is -2.36. The number of amides is 1. The van der Waals surface area contributed by atoms with Gasteiger partial charge < -0.3 is 10.8 Å². The van der Waals surface area contributed by atoms with E-state index in [4.69, 9.17) is 22.7 Å². The summed E-state index contributed by atoms with van der Waals surface area (Å²) in [6, 6.07) is 8.27. The number of nitrogens with zero attached hydrogens (tertiary/aromatic N) is 1. The Hall–Kier alpha value is -3.11. The summed E-state index contributed by atoms with van der Waals surface area (Å²) in [6.45, 7) is 0. The molecule has 2 aromatic carbocycles. The Labute approximate surface area is 135 Å². The van der Waals surface area contributed by atoms with Crippen LogP contribution in [0.5, 0.6) is 5.75 Å². The second-order valence-corrected chi connectivity index (χ2v) is 4.87. The highest BCUT2D eigenvalue weighted by Gasteiger charge is 2.24. The summed E-state index contributed by atoms with van der Waals surface area (Å²) >= 11 is 5.74. The Morgan fingerprint density at radius 2 is 2.09 bits per heavy atom. The molecule has 6 nitrogen and oxygen atoms in total. The quantitative estimate of drug-likeness (QED) is 0.498. The topological polar surface area (TPSA) is 123 Å². The van der Waals surface area contributed by atoms with Gasteiger partial charge >= 0.3 is 0 Å². The number of halogens is 2. The average Bonchev–Trinajstić information content (AvgIpc) is 2.49. The third-order valence-electron chi connectivity index (χ3n) is 3.00.